The molecule has 0 saturated heterocycles. The number of hydrogen-bond acceptors (Lipinski definition) is 3. The smallest absolute Gasteiger partial charge is 0.306 e. The Morgan fingerprint density at radius 1 is 1.31 bits per heavy atom. The van der Waals surface area contributed by atoms with E-state index in [9.17, 15) is 9.59 Å². The van der Waals surface area contributed by atoms with Gasteiger partial charge < -0.3 is 10.5 Å². The first kappa shape index (κ1) is 12.2. The molecule has 0 aliphatic heterocycles. The van der Waals surface area contributed by atoms with Gasteiger partial charge in [-0.25, -0.2) is 0 Å². The van der Waals surface area contributed by atoms with Gasteiger partial charge in [-0.15, -0.1) is 0 Å². The van der Waals surface area contributed by atoms with Crippen molar-refractivity contribution in [3.8, 4) is 0 Å². The van der Waals surface area contributed by atoms with E-state index in [0.29, 0.717) is 6.61 Å². The van der Waals surface area contributed by atoms with Crippen molar-refractivity contribution in [1.29, 1.82) is 0 Å². The van der Waals surface area contributed by atoms with Crippen LogP contribution in [-0.4, -0.2) is 18.5 Å². The number of amides is 1. The lowest BCUT2D eigenvalue weighted by Gasteiger charge is -2.12. The summed E-state index contributed by atoms with van der Waals surface area (Å²) in [7, 11) is 0. The summed E-state index contributed by atoms with van der Waals surface area (Å²) in [5.74, 6) is -1.53. The first-order valence-electron chi connectivity index (χ1n) is 5.15. The van der Waals surface area contributed by atoms with Gasteiger partial charge in [-0.2, -0.15) is 0 Å². The van der Waals surface area contributed by atoms with Crippen LogP contribution in [0.15, 0.2) is 30.3 Å². The Kier molecular flexibility index (Phi) is 4.51. The summed E-state index contributed by atoms with van der Waals surface area (Å²) in [6.07, 6.45) is -0.00676. The average Bonchev–Trinajstić information content (AvgIpc) is 2.27. The topological polar surface area (TPSA) is 69.4 Å². The fraction of sp³-hybridized carbons (Fsp3) is 0.333. The fourth-order valence-electron chi connectivity index (χ4n) is 1.45. The Hall–Kier alpha value is -1.84. The third-order valence-corrected chi connectivity index (χ3v) is 2.22. The van der Waals surface area contributed by atoms with E-state index in [1.807, 2.05) is 6.07 Å². The van der Waals surface area contributed by atoms with Crippen molar-refractivity contribution in [1.82, 2.24) is 0 Å². The molecule has 0 heterocycles. The van der Waals surface area contributed by atoms with Crippen LogP contribution < -0.4 is 5.73 Å². The van der Waals surface area contributed by atoms with Gasteiger partial charge in [-0.05, 0) is 12.5 Å². The second kappa shape index (κ2) is 5.90. The van der Waals surface area contributed by atoms with E-state index in [2.05, 4.69) is 0 Å². The van der Waals surface area contributed by atoms with Gasteiger partial charge in [-0.1, -0.05) is 30.3 Å². The maximum absolute atomic E-state index is 11.3. The predicted octanol–water partition coefficient (Wildman–Crippen LogP) is 1.21. The minimum absolute atomic E-state index is 0.00676. The molecule has 1 aromatic rings. The summed E-state index contributed by atoms with van der Waals surface area (Å²) in [5, 5.41) is 0. The lowest BCUT2D eigenvalue weighted by atomic mass is 9.95. The zero-order valence-corrected chi connectivity index (χ0v) is 9.18. The van der Waals surface area contributed by atoms with Gasteiger partial charge in [0.05, 0.1) is 18.9 Å². The zero-order valence-electron chi connectivity index (χ0n) is 9.18. The molecule has 0 bridgehead atoms. The number of carbonyl (C=O) groups excluding carboxylic acids is 2. The molecular weight excluding hydrogens is 206 g/mol. The predicted molar refractivity (Wildman–Crippen MR) is 59.6 cm³/mol. The van der Waals surface area contributed by atoms with Crippen molar-refractivity contribution in [2.45, 2.75) is 19.3 Å². The van der Waals surface area contributed by atoms with Crippen LogP contribution in [0.2, 0.25) is 0 Å². The van der Waals surface area contributed by atoms with E-state index in [1.54, 1.807) is 31.2 Å². The molecule has 0 aliphatic carbocycles. The fourth-order valence-corrected chi connectivity index (χ4v) is 1.45. The highest BCUT2D eigenvalue weighted by molar-refractivity contribution is 5.86. The standard InChI is InChI=1S/C12H15NO3/c1-2-16-11(14)8-10(12(13)15)9-6-4-3-5-7-9/h3-7,10H,2,8H2,1H3,(H2,13,15). The molecule has 1 atom stereocenters. The molecule has 86 valence electrons. The minimum Gasteiger partial charge on any atom is -0.466 e. The third-order valence-electron chi connectivity index (χ3n) is 2.22. The minimum atomic E-state index is -0.611. The molecule has 1 amide bonds. The first-order chi connectivity index (χ1) is 7.65. The molecule has 0 spiro atoms. The second-order valence-corrected chi connectivity index (χ2v) is 3.37. The normalized spacial score (nSPS) is 11.8. The van der Waals surface area contributed by atoms with Crippen molar-refractivity contribution in [2.24, 2.45) is 5.73 Å². The van der Waals surface area contributed by atoms with Crippen LogP contribution in [0.4, 0.5) is 0 Å². The van der Waals surface area contributed by atoms with Gasteiger partial charge in [0.2, 0.25) is 5.91 Å². The molecule has 16 heavy (non-hydrogen) atoms. The zero-order chi connectivity index (χ0) is 12.0. The number of rotatable bonds is 5. The maximum Gasteiger partial charge on any atom is 0.306 e. The number of benzene rings is 1. The van der Waals surface area contributed by atoms with Crippen LogP contribution in [0, 0.1) is 0 Å². The highest BCUT2D eigenvalue weighted by Crippen LogP contribution is 2.19. The van der Waals surface area contributed by atoms with Crippen molar-refractivity contribution in [3.63, 3.8) is 0 Å². The quantitative estimate of drug-likeness (QED) is 0.760. The van der Waals surface area contributed by atoms with Crippen LogP contribution in [0.1, 0.15) is 24.8 Å². The van der Waals surface area contributed by atoms with E-state index in [0.717, 1.165) is 5.56 Å². The Morgan fingerprint density at radius 2 is 1.94 bits per heavy atom. The van der Waals surface area contributed by atoms with E-state index >= 15 is 0 Å². The second-order valence-electron chi connectivity index (χ2n) is 3.37. The van der Waals surface area contributed by atoms with Gasteiger partial charge in [0, 0.05) is 0 Å². The maximum atomic E-state index is 11.3. The van der Waals surface area contributed by atoms with Crippen molar-refractivity contribution < 1.29 is 14.3 Å². The van der Waals surface area contributed by atoms with E-state index in [-0.39, 0.29) is 6.42 Å². The Balaban J connectivity index is 2.77. The molecule has 4 heteroatoms. The summed E-state index contributed by atoms with van der Waals surface area (Å²) in [6, 6.07) is 8.99. The monoisotopic (exact) mass is 221 g/mol. The van der Waals surface area contributed by atoms with Crippen LogP contribution in [0.5, 0.6) is 0 Å². The molecule has 0 saturated carbocycles. The van der Waals surface area contributed by atoms with Gasteiger partial charge in [0.1, 0.15) is 0 Å². The molecule has 0 radical (unpaired) electrons. The number of ether oxygens (including phenoxy) is 1. The summed E-state index contributed by atoms with van der Waals surface area (Å²) in [6.45, 7) is 2.03. The largest absolute Gasteiger partial charge is 0.466 e. The van der Waals surface area contributed by atoms with E-state index < -0.39 is 17.8 Å². The Morgan fingerprint density at radius 3 is 2.44 bits per heavy atom. The molecule has 0 fully saturated rings. The van der Waals surface area contributed by atoms with Crippen LogP contribution in [0.3, 0.4) is 0 Å². The van der Waals surface area contributed by atoms with E-state index in [1.165, 1.54) is 0 Å². The molecule has 0 aromatic heterocycles. The molecule has 1 unspecified atom stereocenters. The molecule has 1 aromatic carbocycles. The summed E-state index contributed by atoms with van der Waals surface area (Å²) in [4.78, 5) is 22.6. The van der Waals surface area contributed by atoms with Gasteiger partial charge in [-0.3, -0.25) is 9.59 Å². The lowest BCUT2D eigenvalue weighted by molar-refractivity contribution is -0.144. The number of carbonyl (C=O) groups is 2. The van der Waals surface area contributed by atoms with E-state index in [4.69, 9.17) is 10.5 Å². The third kappa shape index (κ3) is 3.38. The lowest BCUT2D eigenvalue weighted by Crippen LogP contribution is -2.24. The molecule has 2 N–H and O–H groups in total. The molecule has 4 nitrogen and oxygen atoms in total. The molecular formula is C12H15NO3. The summed E-state index contributed by atoms with van der Waals surface area (Å²) >= 11 is 0. The average molecular weight is 221 g/mol. The van der Waals surface area contributed by atoms with Gasteiger partial charge in [0.25, 0.3) is 0 Å². The van der Waals surface area contributed by atoms with Crippen molar-refractivity contribution in [3.05, 3.63) is 35.9 Å². The van der Waals surface area contributed by atoms with Crippen LogP contribution in [0.25, 0.3) is 0 Å². The SMILES string of the molecule is CCOC(=O)CC(C(N)=O)c1ccccc1. The number of nitrogens with two attached hydrogens (primary N) is 1. The Bertz CT molecular complexity index is 362. The number of esters is 1. The number of primary amides is 1. The molecule has 1 rings (SSSR count). The van der Waals surface area contributed by atoms with Crippen LogP contribution in [-0.2, 0) is 14.3 Å². The van der Waals surface area contributed by atoms with Gasteiger partial charge in [0.15, 0.2) is 0 Å². The Labute approximate surface area is 94.4 Å². The highest BCUT2D eigenvalue weighted by Gasteiger charge is 2.21. The van der Waals surface area contributed by atoms with Gasteiger partial charge >= 0.3 is 5.97 Å². The summed E-state index contributed by atoms with van der Waals surface area (Å²) in [5.41, 5.74) is 6.01. The van der Waals surface area contributed by atoms with Crippen molar-refractivity contribution in [2.75, 3.05) is 6.61 Å². The summed E-state index contributed by atoms with van der Waals surface area (Å²) < 4.78 is 4.80. The molecule has 0 aliphatic rings. The first-order valence-corrected chi connectivity index (χ1v) is 5.15. The highest BCUT2D eigenvalue weighted by atomic mass is 16.5. The van der Waals surface area contributed by atoms with Crippen LogP contribution >= 0.6 is 0 Å². The number of hydrogen-bond donors (Lipinski definition) is 1. The van der Waals surface area contributed by atoms with Crippen molar-refractivity contribution >= 4 is 11.9 Å².